The van der Waals surface area contributed by atoms with Gasteiger partial charge in [-0.1, -0.05) is 35.9 Å². The number of hydrogen-bond donors (Lipinski definition) is 1. The first-order valence-electron chi connectivity index (χ1n) is 10.4. The molecule has 2 N–H and O–H groups in total. The van der Waals surface area contributed by atoms with Crippen molar-refractivity contribution in [3.8, 4) is 16.8 Å². The van der Waals surface area contributed by atoms with E-state index in [1.165, 1.54) is 6.33 Å². The average molecular weight is 455 g/mol. The van der Waals surface area contributed by atoms with Gasteiger partial charge in [0, 0.05) is 35.6 Å². The highest BCUT2D eigenvalue weighted by Gasteiger charge is 2.23. The van der Waals surface area contributed by atoms with E-state index in [9.17, 15) is 4.79 Å². The molecule has 3 heterocycles. The number of fused-ring (bicyclic) bond motifs is 1. The van der Waals surface area contributed by atoms with Crippen LogP contribution in [0.4, 0.5) is 5.82 Å². The molecule has 0 radical (unpaired) electrons. The molecule has 0 unspecified atom stereocenters. The van der Waals surface area contributed by atoms with Crippen molar-refractivity contribution < 1.29 is 4.79 Å². The van der Waals surface area contributed by atoms with Crippen LogP contribution in [0.3, 0.4) is 0 Å². The number of likely N-dealkylation sites (tertiary alicyclic amines) is 1. The number of anilines is 1. The molecule has 8 heteroatoms. The predicted molar refractivity (Wildman–Crippen MR) is 129 cm³/mol. The smallest absolute Gasteiger partial charge is 0.252 e. The van der Waals surface area contributed by atoms with Crippen molar-refractivity contribution in [1.82, 2.24) is 19.4 Å². The molecule has 0 saturated carbocycles. The fourth-order valence-corrected chi connectivity index (χ4v) is 4.00. The summed E-state index contributed by atoms with van der Waals surface area (Å²) in [6.45, 7) is 8.87. The van der Waals surface area contributed by atoms with Crippen LogP contribution >= 0.6 is 11.6 Å². The first-order chi connectivity index (χ1) is 16.0. The van der Waals surface area contributed by atoms with Gasteiger partial charge in [-0.2, -0.15) is 0 Å². The highest BCUT2D eigenvalue weighted by atomic mass is 35.5. The molecular weight excluding hydrogens is 436 g/mol. The second-order valence-electron chi connectivity index (χ2n) is 7.76. The van der Waals surface area contributed by atoms with Crippen molar-refractivity contribution in [1.29, 1.82) is 0 Å². The van der Waals surface area contributed by atoms with Gasteiger partial charge in [-0.15, -0.1) is 0 Å². The zero-order valence-electron chi connectivity index (χ0n) is 17.6. The number of amides is 1. The number of hydrogen-bond acceptors (Lipinski definition) is 4. The minimum atomic E-state index is -0.224. The Bertz CT molecular complexity index is 1440. The van der Waals surface area contributed by atoms with Gasteiger partial charge in [0.25, 0.3) is 11.6 Å². The standard InChI is InChI=1S/C25H19ClN6O/c1-28-21(25(33)31-10-3-11-31)13-16-4-2-5-19(12-16)32-14-20(17-6-8-18(26)9-7-17)22-23(27)29-15-30-24(22)32/h2,4-9,12-15H,3,10-11H2,(H2,27,29,30)/b21-13-. The van der Waals surface area contributed by atoms with Gasteiger partial charge in [0.2, 0.25) is 0 Å². The maximum Gasteiger partial charge on any atom is 0.252 e. The van der Waals surface area contributed by atoms with Crippen LogP contribution in [0.25, 0.3) is 38.8 Å². The average Bonchev–Trinajstić information content (AvgIpc) is 3.18. The predicted octanol–water partition coefficient (Wildman–Crippen LogP) is 4.82. The van der Waals surface area contributed by atoms with Crippen molar-refractivity contribution in [3.05, 3.63) is 88.8 Å². The summed E-state index contributed by atoms with van der Waals surface area (Å²) in [5, 5.41) is 1.39. The number of aromatic nitrogens is 3. The number of carbonyl (C=O) groups is 1. The van der Waals surface area contributed by atoms with Gasteiger partial charge in [0.1, 0.15) is 12.1 Å². The number of benzene rings is 2. The number of carbonyl (C=O) groups excluding carboxylic acids is 1. The number of nitrogens with two attached hydrogens (primary N) is 1. The Morgan fingerprint density at radius 3 is 2.64 bits per heavy atom. The Morgan fingerprint density at radius 2 is 1.94 bits per heavy atom. The molecule has 5 rings (SSSR count). The van der Waals surface area contributed by atoms with Crippen molar-refractivity contribution in [2.45, 2.75) is 6.42 Å². The van der Waals surface area contributed by atoms with Gasteiger partial charge in [0.15, 0.2) is 5.65 Å². The topological polar surface area (TPSA) is 81.4 Å². The largest absolute Gasteiger partial charge is 0.383 e. The lowest BCUT2D eigenvalue weighted by Crippen LogP contribution is -2.42. The summed E-state index contributed by atoms with van der Waals surface area (Å²) in [6.07, 6.45) is 6.01. The molecule has 2 aromatic carbocycles. The minimum Gasteiger partial charge on any atom is -0.383 e. The molecule has 1 fully saturated rings. The van der Waals surface area contributed by atoms with Gasteiger partial charge in [0.05, 0.1) is 12.0 Å². The van der Waals surface area contributed by atoms with Crippen LogP contribution in [0.15, 0.2) is 66.8 Å². The molecule has 1 amide bonds. The van der Waals surface area contributed by atoms with Gasteiger partial charge < -0.3 is 15.2 Å². The number of halogens is 1. The Kier molecular flexibility index (Phi) is 5.29. The number of nitrogens with zero attached hydrogens (tertiary/aromatic N) is 5. The fraction of sp³-hybridized carbons (Fsp3) is 0.120. The lowest BCUT2D eigenvalue weighted by molar-refractivity contribution is -0.129. The van der Waals surface area contributed by atoms with E-state index >= 15 is 0 Å². The molecule has 7 nitrogen and oxygen atoms in total. The minimum absolute atomic E-state index is 0.109. The zero-order chi connectivity index (χ0) is 22.9. The Morgan fingerprint density at radius 1 is 1.15 bits per heavy atom. The molecule has 33 heavy (non-hydrogen) atoms. The second-order valence-corrected chi connectivity index (χ2v) is 8.20. The quantitative estimate of drug-likeness (QED) is 0.354. The highest BCUT2D eigenvalue weighted by molar-refractivity contribution is 6.30. The number of rotatable bonds is 4. The fourth-order valence-electron chi connectivity index (χ4n) is 3.88. The molecule has 0 bridgehead atoms. The maximum absolute atomic E-state index is 12.5. The van der Waals surface area contributed by atoms with E-state index in [2.05, 4.69) is 14.8 Å². The third kappa shape index (κ3) is 3.81. The van der Waals surface area contributed by atoms with Gasteiger partial charge in [-0.05, 0) is 47.9 Å². The van der Waals surface area contributed by atoms with E-state index in [4.69, 9.17) is 23.9 Å². The third-order valence-electron chi connectivity index (χ3n) is 5.70. The highest BCUT2D eigenvalue weighted by Crippen LogP contribution is 2.35. The molecule has 4 aromatic rings. The molecule has 0 atom stereocenters. The summed E-state index contributed by atoms with van der Waals surface area (Å²) in [6, 6.07) is 15.1. The molecule has 0 aliphatic carbocycles. The summed E-state index contributed by atoms with van der Waals surface area (Å²) < 4.78 is 1.93. The van der Waals surface area contributed by atoms with Gasteiger partial charge in [-0.25, -0.2) is 14.8 Å². The van der Waals surface area contributed by atoms with Crippen molar-refractivity contribution in [3.63, 3.8) is 0 Å². The van der Waals surface area contributed by atoms with E-state index in [1.54, 1.807) is 11.0 Å². The van der Waals surface area contributed by atoms with E-state index < -0.39 is 0 Å². The molecular formula is C25H19ClN6O. The monoisotopic (exact) mass is 454 g/mol. The summed E-state index contributed by atoms with van der Waals surface area (Å²) >= 11 is 6.07. The third-order valence-corrected chi connectivity index (χ3v) is 5.95. The van der Waals surface area contributed by atoms with Crippen LogP contribution in [0.5, 0.6) is 0 Å². The van der Waals surface area contributed by atoms with Crippen molar-refractivity contribution >= 4 is 40.4 Å². The van der Waals surface area contributed by atoms with Crippen molar-refractivity contribution in [2.24, 2.45) is 0 Å². The van der Waals surface area contributed by atoms with E-state index in [1.807, 2.05) is 59.3 Å². The first kappa shape index (κ1) is 20.7. The van der Waals surface area contributed by atoms with Crippen LogP contribution in [-0.2, 0) is 4.79 Å². The van der Waals surface area contributed by atoms with E-state index in [0.29, 0.717) is 29.6 Å². The Hall–Kier alpha value is -4.15. The lowest BCUT2D eigenvalue weighted by Gasteiger charge is -2.30. The molecule has 0 spiro atoms. The molecule has 162 valence electrons. The van der Waals surface area contributed by atoms with E-state index in [0.717, 1.165) is 34.2 Å². The van der Waals surface area contributed by atoms with E-state index in [-0.39, 0.29) is 11.6 Å². The van der Waals surface area contributed by atoms with Crippen molar-refractivity contribution in [2.75, 3.05) is 18.8 Å². The van der Waals surface area contributed by atoms with Crippen LogP contribution in [-0.4, -0.2) is 38.4 Å². The van der Waals surface area contributed by atoms with Gasteiger partial charge >= 0.3 is 0 Å². The molecule has 2 aromatic heterocycles. The summed E-state index contributed by atoms with van der Waals surface area (Å²) in [7, 11) is 0. The number of nitrogen functional groups attached to an aromatic ring is 1. The molecule has 1 aliphatic heterocycles. The second kappa shape index (κ2) is 8.41. The SMILES string of the molecule is [C-]#[N+]/C(=C\c1cccc(-n2cc(-c3ccc(Cl)cc3)c3c(N)ncnc32)c1)C(=O)N1CCC1. The van der Waals surface area contributed by atoms with Crippen LogP contribution < -0.4 is 5.73 Å². The maximum atomic E-state index is 12.5. The molecule has 1 saturated heterocycles. The zero-order valence-corrected chi connectivity index (χ0v) is 18.3. The summed E-state index contributed by atoms with van der Waals surface area (Å²) in [4.78, 5) is 26.3. The van der Waals surface area contributed by atoms with Gasteiger partial charge in [-0.3, -0.25) is 4.79 Å². The lowest BCUT2D eigenvalue weighted by atomic mass is 10.1. The Balaban J connectivity index is 1.61. The van der Waals surface area contributed by atoms with Crippen LogP contribution in [0, 0.1) is 6.57 Å². The Labute approximate surface area is 195 Å². The normalized spacial score (nSPS) is 13.6. The summed E-state index contributed by atoms with van der Waals surface area (Å²) in [5.41, 5.74) is 10.4. The summed E-state index contributed by atoms with van der Waals surface area (Å²) in [5.74, 6) is 0.161. The first-order valence-corrected chi connectivity index (χ1v) is 10.8. The van der Waals surface area contributed by atoms with Crippen LogP contribution in [0.1, 0.15) is 12.0 Å². The van der Waals surface area contributed by atoms with Crippen LogP contribution in [0.2, 0.25) is 5.02 Å². The molecule has 1 aliphatic rings.